The second-order valence-corrected chi connectivity index (χ2v) is 6.77. The first kappa shape index (κ1) is 18.2. The van der Waals surface area contributed by atoms with Crippen molar-refractivity contribution in [2.75, 3.05) is 0 Å². The second-order valence-electron chi connectivity index (χ2n) is 6.36. The monoisotopic (exact) mass is 370 g/mol. The molecule has 0 aliphatic heterocycles. The van der Waals surface area contributed by atoms with E-state index in [1.165, 1.54) is 6.07 Å². The van der Waals surface area contributed by atoms with Crippen molar-refractivity contribution >= 4 is 28.5 Å². The standard InChI is InChI=1S/C21H19ClO4/c1-13(15-6-4-3-5-7-15)9-20(23)25-12-16-10-21(24)26-19-8-14(2)18(22)11-17(16)19/h3-8,10-11,13H,9,12H2,1-2H3/t13-/m1/s1. The van der Waals surface area contributed by atoms with E-state index in [0.717, 1.165) is 11.1 Å². The second kappa shape index (κ2) is 7.75. The molecule has 0 spiro atoms. The zero-order valence-corrected chi connectivity index (χ0v) is 15.4. The van der Waals surface area contributed by atoms with Crippen LogP contribution in [0.5, 0.6) is 0 Å². The first-order valence-electron chi connectivity index (χ1n) is 8.37. The van der Waals surface area contributed by atoms with E-state index in [2.05, 4.69) is 0 Å². The molecule has 0 radical (unpaired) electrons. The van der Waals surface area contributed by atoms with Gasteiger partial charge in [0, 0.05) is 22.0 Å². The van der Waals surface area contributed by atoms with Crippen LogP contribution in [-0.4, -0.2) is 5.97 Å². The topological polar surface area (TPSA) is 56.5 Å². The quantitative estimate of drug-likeness (QED) is 0.469. The molecular weight excluding hydrogens is 352 g/mol. The summed E-state index contributed by atoms with van der Waals surface area (Å²) in [6.45, 7) is 3.81. The Kier molecular flexibility index (Phi) is 5.43. The molecule has 0 bridgehead atoms. The Bertz CT molecular complexity index is 992. The van der Waals surface area contributed by atoms with Crippen molar-refractivity contribution in [3.63, 3.8) is 0 Å². The molecule has 3 aromatic rings. The summed E-state index contributed by atoms with van der Waals surface area (Å²) >= 11 is 6.17. The Morgan fingerprint density at radius 3 is 2.65 bits per heavy atom. The highest BCUT2D eigenvalue weighted by Gasteiger charge is 2.14. The smallest absolute Gasteiger partial charge is 0.336 e. The molecule has 2 aromatic carbocycles. The number of halogens is 1. The van der Waals surface area contributed by atoms with E-state index < -0.39 is 5.63 Å². The fraction of sp³-hybridized carbons (Fsp3) is 0.238. The number of hydrogen-bond donors (Lipinski definition) is 0. The van der Waals surface area contributed by atoms with Gasteiger partial charge in [-0.15, -0.1) is 0 Å². The van der Waals surface area contributed by atoms with Gasteiger partial charge in [0.1, 0.15) is 12.2 Å². The maximum Gasteiger partial charge on any atom is 0.336 e. The van der Waals surface area contributed by atoms with Crippen LogP contribution in [0, 0.1) is 6.92 Å². The normalized spacial score (nSPS) is 12.1. The number of hydrogen-bond acceptors (Lipinski definition) is 4. The first-order valence-corrected chi connectivity index (χ1v) is 8.75. The van der Waals surface area contributed by atoms with E-state index in [0.29, 0.717) is 21.6 Å². The summed E-state index contributed by atoms with van der Waals surface area (Å²) in [6.07, 6.45) is 0.267. The third-order valence-electron chi connectivity index (χ3n) is 4.34. The first-order chi connectivity index (χ1) is 12.4. The molecule has 0 saturated heterocycles. The molecule has 1 aromatic heterocycles. The lowest BCUT2D eigenvalue weighted by atomic mass is 9.98. The average Bonchev–Trinajstić information content (AvgIpc) is 2.62. The van der Waals surface area contributed by atoms with Gasteiger partial charge in [0.25, 0.3) is 0 Å². The average molecular weight is 371 g/mol. The number of carbonyl (C=O) groups excluding carboxylic acids is 1. The van der Waals surface area contributed by atoms with Crippen LogP contribution in [0.15, 0.2) is 57.7 Å². The zero-order chi connectivity index (χ0) is 18.7. The van der Waals surface area contributed by atoms with E-state index in [1.54, 1.807) is 12.1 Å². The molecule has 0 N–H and O–H groups in total. The SMILES string of the molecule is Cc1cc2oc(=O)cc(COC(=O)C[C@@H](C)c3ccccc3)c2cc1Cl. The molecular formula is C21H19ClO4. The zero-order valence-electron chi connectivity index (χ0n) is 14.6. The van der Waals surface area contributed by atoms with E-state index in [4.69, 9.17) is 20.8 Å². The Morgan fingerprint density at radius 1 is 1.19 bits per heavy atom. The highest BCUT2D eigenvalue weighted by atomic mass is 35.5. The highest BCUT2D eigenvalue weighted by Crippen LogP contribution is 2.26. The van der Waals surface area contributed by atoms with Crippen molar-refractivity contribution < 1.29 is 13.9 Å². The summed E-state index contributed by atoms with van der Waals surface area (Å²) in [5, 5.41) is 1.24. The molecule has 4 nitrogen and oxygen atoms in total. The fourth-order valence-corrected chi connectivity index (χ4v) is 3.00. The minimum absolute atomic E-state index is 0.00182. The van der Waals surface area contributed by atoms with Gasteiger partial charge >= 0.3 is 11.6 Å². The maximum atomic E-state index is 12.2. The predicted molar refractivity (Wildman–Crippen MR) is 102 cm³/mol. The van der Waals surface area contributed by atoms with Crippen LogP contribution in [0.3, 0.4) is 0 Å². The molecule has 0 unspecified atom stereocenters. The van der Waals surface area contributed by atoms with Crippen molar-refractivity contribution in [3.8, 4) is 0 Å². The van der Waals surface area contributed by atoms with Crippen LogP contribution in [0.2, 0.25) is 5.02 Å². The van der Waals surface area contributed by atoms with Crippen LogP contribution in [0.1, 0.15) is 36.0 Å². The van der Waals surface area contributed by atoms with Gasteiger partial charge in [-0.1, -0.05) is 48.9 Å². The molecule has 1 atom stereocenters. The van der Waals surface area contributed by atoms with E-state index in [1.807, 2.05) is 44.2 Å². The number of fused-ring (bicyclic) bond motifs is 1. The van der Waals surface area contributed by atoms with Gasteiger partial charge in [0.15, 0.2) is 0 Å². The van der Waals surface area contributed by atoms with Crippen LogP contribution in [-0.2, 0) is 16.1 Å². The number of aryl methyl sites for hydroxylation is 1. The molecule has 5 heteroatoms. The summed E-state index contributed by atoms with van der Waals surface area (Å²) < 4.78 is 10.6. The van der Waals surface area contributed by atoms with Crippen molar-refractivity contribution in [2.24, 2.45) is 0 Å². The number of rotatable bonds is 5. The van der Waals surface area contributed by atoms with Crippen molar-refractivity contribution in [1.82, 2.24) is 0 Å². The van der Waals surface area contributed by atoms with Gasteiger partial charge in [-0.3, -0.25) is 4.79 Å². The van der Waals surface area contributed by atoms with Gasteiger partial charge < -0.3 is 9.15 Å². The molecule has 0 aliphatic carbocycles. The molecule has 0 saturated carbocycles. The number of benzene rings is 2. The maximum absolute atomic E-state index is 12.2. The lowest BCUT2D eigenvalue weighted by Crippen LogP contribution is -2.10. The summed E-state index contributed by atoms with van der Waals surface area (Å²) in [6, 6.07) is 14.6. The van der Waals surface area contributed by atoms with Crippen LogP contribution < -0.4 is 5.63 Å². The molecule has 0 fully saturated rings. The minimum atomic E-state index is -0.483. The van der Waals surface area contributed by atoms with E-state index >= 15 is 0 Å². The largest absolute Gasteiger partial charge is 0.461 e. The fourth-order valence-electron chi connectivity index (χ4n) is 2.83. The number of carbonyl (C=O) groups is 1. The van der Waals surface area contributed by atoms with Crippen molar-refractivity contribution in [3.05, 3.63) is 80.7 Å². The van der Waals surface area contributed by atoms with E-state index in [-0.39, 0.29) is 24.9 Å². The number of esters is 1. The summed E-state index contributed by atoms with van der Waals surface area (Å²) in [5.74, 6) is -0.265. The Morgan fingerprint density at radius 2 is 1.92 bits per heavy atom. The molecule has 0 aliphatic rings. The van der Waals surface area contributed by atoms with Gasteiger partial charge in [-0.05, 0) is 36.1 Å². The van der Waals surface area contributed by atoms with Gasteiger partial charge in [-0.2, -0.15) is 0 Å². The van der Waals surface area contributed by atoms with Crippen LogP contribution in [0.25, 0.3) is 11.0 Å². The molecule has 3 rings (SSSR count). The third kappa shape index (κ3) is 4.14. The van der Waals surface area contributed by atoms with Crippen molar-refractivity contribution in [2.45, 2.75) is 32.8 Å². The minimum Gasteiger partial charge on any atom is -0.461 e. The molecule has 0 amide bonds. The number of ether oxygens (including phenoxy) is 1. The Labute approximate surface area is 156 Å². The van der Waals surface area contributed by atoms with Gasteiger partial charge in [-0.25, -0.2) is 4.79 Å². The highest BCUT2D eigenvalue weighted by molar-refractivity contribution is 6.32. The van der Waals surface area contributed by atoms with Crippen LogP contribution >= 0.6 is 11.6 Å². The van der Waals surface area contributed by atoms with E-state index in [9.17, 15) is 9.59 Å². The van der Waals surface area contributed by atoms with Crippen LogP contribution in [0.4, 0.5) is 0 Å². The Balaban J connectivity index is 1.74. The summed E-state index contributed by atoms with van der Waals surface area (Å²) in [7, 11) is 0. The van der Waals surface area contributed by atoms with Gasteiger partial charge in [0.05, 0.1) is 6.42 Å². The lowest BCUT2D eigenvalue weighted by molar-refractivity contribution is -0.145. The Hall–Kier alpha value is -2.59. The molecule has 134 valence electrons. The van der Waals surface area contributed by atoms with Crippen molar-refractivity contribution in [1.29, 1.82) is 0 Å². The predicted octanol–water partition coefficient (Wildman–Crippen LogP) is 4.99. The summed E-state index contributed by atoms with van der Waals surface area (Å²) in [4.78, 5) is 24.0. The lowest BCUT2D eigenvalue weighted by Gasteiger charge is -2.12. The molecule has 26 heavy (non-hydrogen) atoms. The summed E-state index contributed by atoms with van der Waals surface area (Å²) in [5.41, 5.74) is 2.43. The third-order valence-corrected chi connectivity index (χ3v) is 4.75. The van der Waals surface area contributed by atoms with Gasteiger partial charge in [0.2, 0.25) is 0 Å². The molecule has 1 heterocycles.